The van der Waals surface area contributed by atoms with Crippen LogP contribution in [0.1, 0.15) is 41.0 Å². The Bertz CT molecular complexity index is 2230. The molecule has 1 fully saturated rings. The molecule has 1 unspecified atom stereocenters. The Morgan fingerprint density at radius 2 is 1.77 bits per heavy atom. The van der Waals surface area contributed by atoms with Crippen LogP contribution in [0.3, 0.4) is 0 Å². The summed E-state index contributed by atoms with van der Waals surface area (Å²) >= 11 is 7.48. The highest BCUT2D eigenvalue weighted by Gasteiger charge is 2.49. The van der Waals surface area contributed by atoms with E-state index < -0.39 is 17.7 Å². The summed E-state index contributed by atoms with van der Waals surface area (Å²) in [6, 6.07) is 23.0. The molecule has 0 spiro atoms. The van der Waals surface area contributed by atoms with Gasteiger partial charge in [0.15, 0.2) is 22.4 Å². The zero-order valence-corrected chi connectivity index (χ0v) is 27.3. The first kappa shape index (κ1) is 30.5. The summed E-state index contributed by atoms with van der Waals surface area (Å²) in [5.74, 6) is -1.11. The zero-order chi connectivity index (χ0) is 32.8. The normalized spacial score (nSPS) is 16.0. The van der Waals surface area contributed by atoms with E-state index in [-0.39, 0.29) is 17.0 Å². The fourth-order valence-corrected chi connectivity index (χ4v) is 7.09. The van der Waals surface area contributed by atoms with Gasteiger partial charge in [-0.25, -0.2) is 9.97 Å². The van der Waals surface area contributed by atoms with Crippen molar-refractivity contribution in [2.45, 2.75) is 33.4 Å². The molecule has 236 valence electrons. The fourth-order valence-electron chi connectivity index (χ4n) is 5.83. The van der Waals surface area contributed by atoms with Gasteiger partial charge in [0.2, 0.25) is 0 Å². The number of carbonyl (C=O) groups excluding carboxylic acids is 2. The number of fused-ring (bicyclic) bond motifs is 2. The van der Waals surface area contributed by atoms with Gasteiger partial charge in [-0.2, -0.15) is 0 Å². The van der Waals surface area contributed by atoms with Crippen LogP contribution in [-0.4, -0.2) is 37.8 Å². The molecule has 1 aliphatic heterocycles. The third kappa shape index (κ3) is 5.39. The van der Waals surface area contributed by atoms with E-state index in [4.69, 9.17) is 31.0 Å². The Morgan fingerprint density at radius 3 is 2.53 bits per heavy atom. The highest BCUT2D eigenvalue weighted by Crippen LogP contribution is 2.46. The van der Waals surface area contributed by atoms with Gasteiger partial charge < -0.3 is 19.0 Å². The lowest BCUT2D eigenvalue weighted by Gasteiger charge is -2.24. The van der Waals surface area contributed by atoms with Crippen LogP contribution in [0.4, 0.5) is 5.13 Å². The minimum atomic E-state index is -1.04. The number of ether oxygens (including phenoxy) is 2. The molecule has 0 bridgehead atoms. The molecule has 3 aromatic carbocycles. The first-order chi connectivity index (χ1) is 22.7. The number of hydrogen-bond donors (Lipinski definition) is 1. The summed E-state index contributed by atoms with van der Waals surface area (Å²) in [6.07, 6.45) is 1.84. The summed E-state index contributed by atoms with van der Waals surface area (Å²) in [5.41, 5.74) is 4.41. The van der Waals surface area contributed by atoms with Crippen LogP contribution in [0.2, 0.25) is 5.02 Å². The van der Waals surface area contributed by atoms with Gasteiger partial charge in [-0.1, -0.05) is 65.4 Å². The highest BCUT2D eigenvalue weighted by atomic mass is 35.5. The van der Waals surface area contributed by atoms with Gasteiger partial charge in [0.1, 0.15) is 17.9 Å². The zero-order valence-electron chi connectivity index (χ0n) is 25.7. The predicted molar refractivity (Wildman–Crippen MR) is 182 cm³/mol. The Balaban J connectivity index is 1.40. The number of aryl methyl sites for hydroxylation is 2. The van der Waals surface area contributed by atoms with Crippen LogP contribution in [0.15, 0.2) is 90.6 Å². The number of halogens is 1. The molecule has 1 N–H and O–H groups in total. The summed E-state index contributed by atoms with van der Waals surface area (Å²) in [6.45, 7) is 6.26. The number of nitrogens with zero attached hydrogens (tertiary/aromatic N) is 4. The molecule has 0 aliphatic carbocycles. The van der Waals surface area contributed by atoms with E-state index in [1.54, 1.807) is 36.4 Å². The second-order valence-corrected chi connectivity index (χ2v) is 12.6. The highest BCUT2D eigenvalue weighted by molar-refractivity contribution is 7.22. The van der Waals surface area contributed by atoms with Gasteiger partial charge in [0.25, 0.3) is 5.78 Å². The SMILES string of the molecule is CCOc1cc(C2C(=C(O)c3nc4c(C)cccn4c3C)C(=O)C(=O)N2c2nc3ccc(Cl)cc3s2)ccc1OCc1ccccc1. The smallest absolute Gasteiger partial charge is 0.301 e. The number of aliphatic hydroxyl groups is 1. The lowest BCUT2D eigenvalue weighted by atomic mass is 9.96. The van der Waals surface area contributed by atoms with Gasteiger partial charge in [-0.15, -0.1) is 0 Å². The maximum Gasteiger partial charge on any atom is 0.301 e. The first-order valence-corrected chi connectivity index (χ1v) is 16.2. The van der Waals surface area contributed by atoms with Crippen molar-refractivity contribution >= 4 is 61.4 Å². The van der Waals surface area contributed by atoms with Crippen LogP contribution < -0.4 is 14.4 Å². The maximum atomic E-state index is 13.9. The molecule has 4 heterocycles. The number of thiazole rings is 1. The molecule has 1 amide bonds. The lowest BCUT2D eigenvalue weighted by Crippen LogP contribution is -2.29. The number of aliphatic hydroxyl groups excluding tert-OH is 1. The van der Waals surface area contributed by atoms with E-state index in [1.165, 1.54) is 16.2 Å². The molecule has 9 nitrogen and oxygen atoms in total. The van der Waals surface area contributed by atoms with Gasteiger partial charge in [-0.05, 0) is 73.9 Å². The number of imidazole rings is 1. The van der Waals surface area contributed by atoms with Crippen molar-refractivity contribution in [3.05, 3.63) is 124 Å². The Morgan fingerprint density at radius 1 is 0.957 bits per heavy atom. The van der Waals surface area contributed by atoms with E-state index >= 15 is 0 Å². The number of benzene rings is 3. The second kappa shape index (κ2) is 12.2. The Kier molecular flexibility index (Phi) is 7.91. The van der Waals surface area contributed by atoms with E-state index in [9.17, 15) is 14.7 Å². The largest absolute Gasteiger partial charge is 0.505 e. The average Bonchev–Trinajstić information content (AvgIpc) is 3.72. The predicted octanol–water partition coefficient (Wildman–Crippen LogP) is 7.82. The van der Waals surface area contributed by atoms with E-state index in [0.29, 0.717) is 57.3 Å². The van der Waals surface area contributed by atoms with Gasteiger partial charge in [0.05, 0.1) is 34.1 Å². The number of ketones is 1. The van der Waals surface area contributed by atoms with Crippen molar-refractivity contribution in [2.24, 2.45) is 0 Å². The van der Waals surface area contributed by atoms with Crippen LogP contribution >= 0.6 is 22.9 Å². The second-order valence-electron chi connectivity index (χ2n) is 11.1. The number of hydrogen-bond acceptors (Lipinski definition) is 8. The van der Waals surface area contributed by atoms with Crippen molar-refractivity contribution in [3.8, 4) is 11.5 Å². The summed E-state index contributed by atoms with van der Waals surface area (Å²) in [4.78, 5) is 38.6. The lowest BCUT2D eigenvalue weighted by molar-refractivity contribution is -0.132. The molecule has 6 aromatic rings. The number of anilines is 1. The van der Waals surface area contributed by atoms with Crippen molar-refractivity contribution in [2.75, 3.05) is 11.5 Å². The Labute approximate surface area is 279 Å². The summed E-state index contributed by atoms with van der Waals surface area (Å²) in [7, 11) is 0. The van der Waals surface area contributed by atoms with Crippen LogP contribution in [0, 0.1) is 13.8 Å². The molecular weight excluding hydrogens is 636 g/mol. The quantitative estimate of drug-likeness (QED) is 0.100. The number of rotatable bonds is 8. The Hall–Kier alpha value is -5.19. The van der Waals surface area contributed by atoms with Gasteiger partial charge >= 0.3 is 5.91 Å². The molecule has 1 aliphatic rings. The standard InChI is InChI=1S/C36H29ClN4O5S/c1-4-45-27-17-23(12-15-26(27)46-19-22-10-6-5-7-11-22)31-29(32(42)30-21(3)40-16-8-9-20(2)34(40)39-30)33(43)35(44)41(31)36-38-25-14-13-24(37)18-28(25)47-36/h5-18,31,42H,4,19H2,1-3H3. The molecule has 1 saturated heterocycles. The van der Waals surface area contributed by atoms with Crippen LogP contribution in [0.25, 0.3) is 21.6 Å². The number of amides is 1. The topological polar surface area (TPSA) is 106 Å². The van der Waals surface area contributed by atoms with Crippen molar-refractivity contribution in [1.29, 1.82) is 0 Å². The van der Waals surface area contributed by atoms with Crippen molar-refractivity contribution < 1.29 is 24.2 Å². The number of aromatic nitrogens is 3. The van der Waals surface area contributed by atoms with Crippen LogP contribution in [0.5, 0.6) is 11.5 Å². The number of carbonyl (C=O) groups is 2. The first-order valence-electron chi connectivity index (χ1n) is 15.0. The van der Waals surface area contributed by atoms with Crippen molar-refractivity contribution in [3.63, 3.8) is 0 Å². The van der Waals surface area contributed by atoms with Crippen LogP contribution in [-0.2, 0) is 16.2 Å². The minimum Gasteiger partial charge on any atom is -0.505 e. The van der Waals surface area contributed by atoms with E-state index in [1.807, 2.05) is 73.8 Å². The minimum absolute atomic E-state index is 0.100. The molecule has 0 radical (unpaired) electrons. The molecule has 11 heteroatoms. The number of pyridine rings is 1. The fraction of sp³-hybridized carbons (Fsp3) is 0.167. The summed E-state index contributed by atoms with van der Waals surface area (Å²) in [5, 5.41) is 12.7. The summed E-state index contributed by atoms with van der Waals surface area (Å²) < 4.78 is 14.7. The molecule has 47 heavy (non-hydrogen) atoms. The third-order valence-electron chi connectivity index (χ3n) is 8.12. The molecule has 1 atom stereocenters. The van der Waals surface area contributed by atoms with Gasteiger partial charge in [-0.3, -0.25) is 14.5 Å². The molecule has 7 rings (SSSR count). The average molecular weight is 665 g/mol. The number of Topliss-reactive ketones (excluding diaryl/α,β-unsaturated/α-hetero) is 1. The third-order valence-corrected chi connectivity index (χ3v) is 9.37. The van der Waals surface area contributed by atoms with Gasteiger partial charge in [0, 0.05) is 11.2 Å². The van der Waals surface area contributed by atoms with Crippen molar-refractivity contribution in [1.82, 2.24) is 14.4 Å². The molecular formula is C36H29ClN4O5S. The van der Waals surface area contributed by atoms with E-state index in [2.05, 4.69) is 0 Å². The monoisotopic (exact) mass is 664 g/mol. The maximum absolute atomic E-state index is 13.9. The molecule has 3 aromatic heterocycles. The molecule has 0 saturated carbocycles. The van der Waals surface area contributed by atoms with E-state index in [0.717, 1.165) is 15.8 Å².